The van der Waals surface area contributed by atoms with Crippen molar-refractivity contribution in [3.05, 3.63) is 0 Å². The number of urea groups is 1. The van der Waals surface area contributed by atoms with Crippen molar-refractivity contribution in [1.82, 2.24) is 4.72 Å². The first-order valence-corrected chi connectivity index (χ1v) is 4.78. The van der Waals surface area contributed by atoms with Crippen LogP contribution in [0.1, 0.15) is 26.2 Å². The van der Waals surface area contributed by atoms with Crippen molar-refractivity contribution < 1.29 is 9.59 Å². The van der Waals surface area contributed by atoms with E-state index < -0.39 is 6.03 Å². The molecule has 0 aliphatic heterocycles. The van der Waals surface area contributed by atoms with Gasteiger partial charge in [0.15, 0.2) is 0 Å². The first kappa shape index (κ1) is 11.3. The molecule has 5 heteroatoms. The number of hydrogen-bond acceptors (Lipinski definition) is 3. The molecule has 0 rings (SSSR count). The molecule has 0 aliphatic rings. The Kier molecular flexibility index (Phi) is 6.55. The molecule has 0 aromatic heterocycles. The minimum Gasteiger partial charge on any atom is -0.351 e. The summed E-state index contributed by atoms with van der Waals surface area (Å²) < 4.78 is 2.40. The van der Waals surface area contributed by atoms with E-state index in [1.807, 2.05) is 0 Å². The van der Waals surface area contributed by atoms with Crippen molar-refractivity contribution in [3.63, 3.8) is 0 Å². The Labute approximate surface area is 76.4 Å². The van der Waals surface area contributed by atoms with Crippen molar-refractivity contribution in [2.45, 2.75) is 26.2 Å². The van der Waals surface area contributed by atoms with E-state index in [-0.39, 0.29) is 5.78 Å². The summed E-state index contributed by atoms with van der Waals surface area (Å²) in [6, 6.07) is -0.522. The predicted octanol–water partition coefficient (Wildman–Crippen LogP) is 1.06. The van der Waals surface area contributed by atoms with Crippen LogP contribution in [0.4, 0.5) is 4.79 Å². The van der Waals surface area contributed by atoms with Gasteiger partial charge in [-0.1, -0.05) is 0 Å². The summed E-state index contributed by atoms with van der Waals surface area (Å²) in [7, 11) is 0. The Bertz CT molecular complexity index is 143. The highest BCUT2D eigenvalue weighted by molar-refractivity contribution is 7.97. The molecule has 0 unspecified atom stereocenters. The Morgan fingerprint density at radius 3 is 2.58 bits per heavy atom. The Balaban J connectivity index is 3.01. The molecular weight excluding hydrogens is 176 g/mol. The molecule has 0 spiro atoms. The molecule has 0 saturated heterocycles. The van der Waals surface area contributed by atoms with Gasteiger partial charge in [-0.3, -0.25) is 4.72 Å². The molecule has 0 aromatic carbocycles. The van der Waals surface area contributed by atoms with Gasteiger partial charge in [-0.2, -0.15) is 0 Å². The second-order valence-corrected chi connectivity index (χ2v) is 3.37. The Hall–Kier alpha value is -0.710. The van der Waals surface area contributed by atoms with Crippen molar-refractivity contribution in [1.29, 1.82) is 0 Å². The lowest BCUT2D eigenvalue weighted by molar-refractivity contribution is -0.117. The highest BCUT2D eigenvalue weighted by atomic mass is 32.2. The van der Waals surface area contributed by atoms with E-state index in [0.29, 0.717) is 6.42 Å². The minimum absolute atomic E-state index is 0.211. The molecule has 0 bridgehead atoms. The van der Waals surface area contributed by atoms with Gasteiger partial charge in [-0.25, -0.2) is 4.79 Å². The molecule has 4 nitrogen and oxygen atoms in total. The van der Waals surface area contributed by atoms with Crippen molar-refractivity contribution in [2.75, 3.05) is 5.75 Å². The number of carbonyl (C=O) groups excluding carboxylic acids is 2. The number of ketones is 1. The molecule has 0 heterocycles. The monoisotopic (exact) mass is 190 g/mol. The van der Waals surface area contributed by atoms with Crippen LogP contribution in [0.5, 0.6) is 0 Å². The molecule has 2 amide bonds. The number of Topliss-reactive ketones (excluding diaryl/α,β-unsaturated/α-hetero) is 1. The molecule has 0 saturated carbocycles. The largest absolute Gasteiger partial charge is 0.351 e. The van der Waals surface area contributed by atoms with Crippen LogP contribution in [0.25, 0.3) is 0 Å². The average Bonchev–Trinajstić information content (AvgIpc) is 1.95. The van der Waals surface area contributed by atoms with E-state index in [1.165, 1.54) is 11.9 Å². The zero-order valence-electron chi connectivity index (χ0n) is 7.13. The maximum atomic E-state index is 10.5. The molecule has 3 N–H and O–H groups in total. The summed E-state index contributed by atoms with van der Waals surface area (Å²) in [5.74, 6) is 1.01. The van der Waals surface area contributed by atoms with E-state index in [9.17, 15) is 9.59 Å². The number of hydrogen-bond donors (Lipinski definition) is 2. The molecule has 0 atom stereocenters. The van der Waals surface area contributed by atoms with E-state index in [0.717, 1.165) is 18.6 Å². The lowest BCUT2D eigenvalue weighted by Crippen LogP contribution is -2.23. The number of primary amides is 1. The van der Waals surface area contributed by atoms with Crippen molar-refractivity contribution in [3.8, 4) is 0 Å². The normalized spacial score (nSPS) is 9.42. The number of amides is 2. The zero-order chi connectivity index (χ0) is 9.40. The van der Waals surface area contributed by atoms with Gasteiger partial charge in [-0.15, -0.1) is 0 Å². The Morgan fingerprint density at radius 1 is 1.42 bits per heavy atom. The van der Waals surface area contributed by atoms with Crippen LogP contribution in [0.3, 0.4) is 0 Å². The van der Waals surface area contributed by atoms with Crippen LogP contribution in [-0.2, 0) is 4.79 Å². The van der Waals surface area contributed by atoms with Gasteiger partial charge in [0.2, 0.25) is 0 Å². The maximum absolute atomic E-state index is 10.5. The highest BCUT2D eigenvalue weighted by Crippen LogP contribution is 2.02. The van der Waals surface area contributed by atoms with Crippen LogP contribution >= 0.6 is 11.9 Å². The summed E-state index contributed by atoms with van der Waals surface area (Å²) >= 11 is 1.28. The summed E-state index contributed by atoms with van der Waals surface area (Å²) in [5.41, 5.74) is 4.83. The number of nitrogens with two attached hydrogens (primary N) is 1. The van der Waals surface area contributed by atoms with Gasteiger partial charge < -0.3 is 10.5 Å². The van der Waals surface area contributed by atoms with Gasteiger partial charge in [0, 0.05) is 12.2 Å². The fraction of sp³-hybridized carbons (Fsp3) is 0.714. The van der Waals surface area contributed by atoms with Crippen molar-refractivity contribution >= 4 is 23.8 Å². The first-order chi connectivity index (χ1) is 5.63. The molecule has 0 radical (unpaired) electrons. The fourth-order valence-electron chi connectivity index (χ4n) is 0.670. The molecule has 0 aliphatic carbocycles. The second-order valence-electron chi connectivity index (χ2n) is 2.47. The van der Waals surface area contributed by atoms with E-state index in [1.54, 1.807) is 6.92 Å². The number of rotatable bonds is 6. The molecule has 0 fully saturated rings. The van der Waals surface area contributed by atoms with Crippen LogP contribution in [0, 0.1) is 0 Å². The van der Waals surface area contributed by atoms with Gasteiger partial charge in [0.05, 0.1) is 0 Å². The van der Waals surface area contributed by atoms with Crippen LogP contribution in [0.15, 0.2) is 0 Å². The van der Waals surface area contributed by atoms with Gasteiger partial charge in [0.1, 0.15) is 5.78 Å². The SMILES string of the molecule is CC(=O)CCCCSNC(N)=O. The zero-order valence-corrected chi connectivity index (χ0v) is 7.95. The van der Waals surface area contributed by atoms with Gasteiger partial charge in [0.25, 0.3) is 0 Å². The predicted molar refractivity (Wildman–Crippen MR) is 49.7 cm³/mol. The van der Waals surface area contributed by atoms with Crippen LogP contribution < -0.4 is 10.5 Å². The Morgan fingerprint density at radius 2 is 2.08 bits per heavy atom. The minimum atomic E-state index is -0.522. The van der Waals surface area contributed by atoms with E-state index >= 15 is 0 Å². The maximum Gasteiger partial charge on any atom is 0.322 e. The second kappa shape index (κ2) is 6.97. The molecule has 70 valence electrons. The fourth-order valence-corrected chi connectivity index (χ4v) is 1.26. The van der Waals surface area contributed by atoms with E-state index in [4.69, 9.17) is 5.73 Å². The topological polar surface area (TPSA) is 72.2 Å². The van der Waals surface area contributed by atoms with Crippen molar-refractivity contribution in [2.24, 2.45) is 5.73 Å². The number of carbonyl (C=O) groups is 2. The van der Waals surface area contributed by atoms with Crippen LogP contribution in [-0.4, -0.2) is 17.6 Å². The summed E-state index contributed by atoms with van der Waals surface area (Å²) in [5, 5.41) is 0. The average molecular weight is 190 g/mol. The standard InChI is InChI=1S/C7H14N2O2S/c1-6(10)4-2-3-5-12-9-7(8)11/h2-5H2,1H3,(H3,8,9,11). The van der Waals surface area contributed by atoms with Gasteiger partial charge >= 0.3 is 6.03 Å². The third-order valence-corrected chi connectivity index (χ3v) is 2.04. The number of unbranched alkanes of at least 4 members (excludes halogenated alkanes) is 1. The third-order valence-electron chi connectivity index (χ3n) is 1.20. The van der Waals surface area contributed by atoms with E-state index in [2.05, 4.69) is 4.72 Å². The third kappa shape index (κ3) is 9.29. The lowest BCUT2D eigenvalue weighted by atomic mass is 10.2. The molecular formula is C7H14N2O2S. The smallest absolute Gasteiger partial charge is 0.322 e. The summed E-state index contributed by atoms with van der Waals surface area (Å²) in [6.07, 6.45) is 2.42. The van der Waals surface area contributed by atoms with Gasteiger partial charge in [-0.05, 0) is 31.7 Å². The summed E-state index contributed by atoms with van der Waals surface area (Å²) in [4.78, 5) is 20.7. The molecule has 0 aromatic rings. The highest BCUT2D eigenvalue weighted by Gasteiger charge is 1.95. The quantitative estimate of drug-likeness (QED) is 0.486. The molecule has 12 heavy (non-hydrogen) atoms. The lowest BCUT2D eigenvalue weighted by Gasteiger charge is -1.99. The summed E-state index contributed by atoms with van der Waals surface area (Å²) in [6.45, 7) is 1.58. The first-order valence-electron chi connectivity index (χ1n) is 3.79. The van der Waals surface area contributed by atoms with Crippen LogP contribution in [0.2, 0.25) is 0 Å². The number of nitrogens with one attached hydrogen (secondary N) is 1.